The van der Waals surface area contributed by atoms with Gasteiger partial charge in [0.1, 0.15) is 5.58 Å². The summed E-state index contributed by atoms with van der Waals surface area (Å²) in [5.41, 5.74) is 3.27. The van der Waals surface area contributed by atoms with E-state index in [4.69, 9.17) is 16.8 Å². The molecule has 3 heteroatoms. The van der Waals surface area contributed by atoms with Crippen LogP contribution in [0.25, 0.3) is 66.4 Å². The number of rotatable bonds is 3. The summed E-state index contributed by atoms with van der Waals surface area (Å²) < 4.78 is 80.3. The van der Waals surface area contributed by atoms with Crippen molar-refractivity contribution in [2.45, 2.75) is 20.6 Å². The molecule has 0 radical (unpaired) electrons. The summed E-state index contributed by atoms with van der Waals surface area (Å²) in [5, 5.41) is 2.64. The van der Waals surface area contributed by atoms with E-state index in [-0.39, 0.29) is 33.7 Å². The maximum Gasteiger partial charge on any atom is 0.227 e. The molecule has 0 fully saturated rings. The largest absolute Gasteiger partial charge is 0.437 e. The standard InChI is InChI=1S/C35H26N2O/c1-21-18-31(24-10-5-4-6-11-24)25-12-7-8-13-26(25)33(21)30-19-32(36-20-22(30)2)29-15-9-14-27-28-17-16-23(3)37-35(28)38-34(27)29/h4-20H,1-3H3/i1D3,2D3,3D3. The van der Waals surface area contributed by atoms with E-state index >= 15 is 0 Å². The molecule has 0 saturated heterocycles. The Kier molecular flexibility index (Phi) is 3.39. The van der Waals surface area contributed by atoms with Crippen molar-refractivity contribution in [1.82, 2.24) is 9.97 Å². The minimum absolute atomic E-state index is 0.0149. The molecule has 0 atom stereocenters. The predicted molar refractivity (Wildman–Crippen MR) is 157 cm³/mol. The van der Waals surface area contributed by atoms with Crippen LogP contribution in [0.4, 0.5) is 0 Å². The van der Waals surface area contributed by atoms with Crippen LogP contribution in [-0.4, -0.2) is 9.97 Å². The highest BCUT2D eigenvalue weighted by molar-refractivity contribution is 6.09. The monoisotopic (exact) mass is 499 g/mol. The second-order valence-electron chi connectivity index (χ2n) is 9.21. The SMILES string of the molecule is [2H]C([2H])([2H])c1ccc2c(n1)oc1c(-c3cc(-c4c(C([2H])([2H])[2H])cc(-c5ccccc5)c5ccccc45)c(C([2H])([2H])[2H])cn3)cccc12. The molecule has 0 saturated carbocycles. The zero-order valence-electron chi connectivity index (χ0n) is 29.1. The number of aryl methyl sites for hydroxylation is 3. The van der Waals surface area contributed by atoms with Gasteiger partial charge in [-0.15, -0.1) is 0 Å². The Hall–Kier alpha value is -4.76. The molecule has 0 spiro atoms. The van der Waals surface area contributed by atoms with Crippen LogP contribution in [0.1, 0.15) is 29.2 Å². The van der Waals surface area contributed by atoms with Crippen molar-refractivity contribution < 1.29 is 16.8 Å². The number of fused-ring (bicyclic) bond motifs is 4. The molecule has 38 heavy (non-hydrogen) atoms. The van der Waals surface area contributed by atoms with Crippen molar-refractivity contribution in [2.24, 2.45) is 0 Å². The third kappa shape index (κ3) is 3.51. The quantitative estimate of drug-likeness (QED) is 0.243. The fourth-order valence-electron chi connectivity index (χ4n) is 5.21. The molecule has 0 aliphatic rings. The second-order valence-corrected chi connectivity index (χ2v) is 9.21. The summed E-state index contributed by atoms with van der Waals surface area (Å²) in [6, 6.07) is 28.6. The molecule has 4 aromatic carbocycles. The van der Waals surface area contributed by atoms with Gasteiger partial charge in [0.15, 0.2) is 0 Å². The smallest absolute Gasteiger partial charge is 0.227 e. The number of aromatic nitrogens is 2. The molecule has 7 aromatic rings. The van der Waals surface area contributed by atoms with Gasteiger partial charge in [0.25, 0.3) is 0 Å². The molecular weight excluding hydrogens is 464 g/mol. The van der Waals surface area contributed by atoms with E-state index in [0.717, 1.165) is 16.5 Å². The first-order valence-electron chi connectivity index (χ1n) is 16.7. The maximum absolute atomic E-state index is 8.59. The summed E-state index contributed by atoms with van der Waals surface area (Å²) >= 11 is 0. The van der Waals surface area contributed by atoms with Crippen LogP contribution in [0, 0.1) is 20.6 Å². The number of furan rings is 1. The predicted octanol–water partition coefficient (Wildman–Crippen LogP) is 9.46. The first-order valence-corrected chi connectivity index (χ1v) is 12.2. The highest BCUT2D eigenvalue weighted by atomic mass is 16.3. The van der Waals surface area contributed by atoms with Gasteiger partial charge in [-0.05, 0) is 89.0 Å². The average molecular weight is 500 g/mol. The Balaban J connectivity index is 1.54. The van der Waals surface area contributed by atoms with E-state index in [1.54, 1.807) is 36.4 Å². The molecule has 0 amide bonds. The minimum Gasteiger partial charge on any atom is -0.437 e. The van der Waals surface area contributed by atoms with Gasteiger partial charge in [-0.25, -0.2) is 4.98 Å². The van der Waals surface area contributed by atoms with Crippen molar-refractivity contribution >= 4 is 32.8 Å². The van der Waals surface area contributed by atoms with Crippen molar-refractivity contribution in [1.29, 1.82) is 0 Å². The molecule has 3 nitrogen and oxygen atoms in total. The second kappa shape index (κ2) is 8.67. The maximum atomic E-state index is 8.59. The van der Waals surface area contributed by atoms with Gasteiger partial charge in [-0.3, -0.25) is 4.98 Å². The third-order valence-electron chi connectivity index (χ3n) is 6.94. The lowest BCUT2D eigenvalue weighted by Crippen LogP contribution is -1.95. The molecule has 182 valence electrons. The number of para-hydroxylation sites is 1. The Morgan fingerprint density at radius 3 is 2.29 bits per heavy atom. The van der Waals surface area contributed by atoms with E-state index < -0.39 is 20.6 Å². The zero-order valence-corrected chi connectivity index (χ0v) is 20.1. The van der Waals surface area contributed by atoms with E-state index in [0.29, 0.717) is 33.0 Å². The molecule has 3 heterocycles. The van der Waals surface area contributed by atoms with Gasteiger partial charge in [0, 0.05) is 40.6 Å². The number of nitrogens with zero attached hydrogens (tertiary/aromatic N) is 2. The topological polar surface area (TPSA) is 38.9 Å². The van der Waals surface area contributed by atoms with E-state index in [1.165, 1.54) is 12.3 Å². The van der Waals surface area contributed by atoms with Crippen LogP contribution in [0.3, 0.4) is 0 Å². The van der Waals surface area contributed by atoms with Crippen molar-refractivity contribution in [2.75, 3.05) is 0 Å². The lowest BCUT2D eigenvalue weighted by atomic mass is 9.87. The van der Waals surface area contributed by atoms with E-state index in [9.17, 15) is 0 Å². The first-order chi connectivity index (χ1) is 22.2. The number of benzene rings is 4. The van der Waals surface area contributed by atoms with Crippen LogP contribution in [0.2, 0.25) is 0 Å². The summed E-state index contributed by atoms with van der Waals surface area (Å²) in [4.78, 5) is 8.79. The highest BCUT2D eigenvalue weighted by Crippen LogP contribution is 2.41. The highest BCUT2D eigenvalue weighted by Gasteiger charge is 2.18. The number of hydrogen-bond acceptors (Lipinski definition) is 3. The molecule has 0 bridgehead atoms. The van der Waals surface area contributed by atoms with Crippen molar-refractivity contribution in [3.05, 3.63) is 120 Å². The lowest BCUT2D eigenvalue weighted by molar-refractivity contribution is 0.653. The van der Waals surface area contributed by atoms with Gasteiger partial charge in [-0.2, -0.15) is 0 Å². The number of pyridine rings is 2. The van der Waals surface area contributed by atoms with Crippen molar-refractivity contribution in [3.8, 4) is 33.5 Å². The molecule has 0 unspecified atom stereocenters. The zero-order chi connectivity index (χ0) is 33.3. The Morgan fingerprint density at radius 1 is 0.632 bits per heavy atom. The number of hydrogen-bond donors (Lipinski definition) is 0. The Labute approximate surface area is 234 Å². The summed E-state index contributed by atoms with van der Waals surface area (Å²) in [6.07, 6.45) is 1.27. The minimum atomic E-state index is -2.62. The van der Waals surface area contributed by atoms with Gasteiger partial charge < -0.3 is 4.42 Å². The van der Waals surface area contributed by atoms with Crippen molar-refractivity contribution in [3.63, 3.8) is 0 Å². The van der Waals surface area contributed by atoms with Crippen LogP contribution >= 0.6 is 0 Å². The van der Waals surface area contributed by atoms with E-state index in [1.807, 2.05) is 54.6 Å². The molecule has 7 rings (SSSR count). The normalized spacial score (nSPS) is 16.1. The van der Waals surface area contributed by atoms with Crippen LogP contribution in [0.5, 0.6) is 0 Å². The molecule has 0 N–H and O–H groups in total. The summed E-state index contributed by atoms with van der Waals surface area (Å²) in [5.74, 6) is 0. The van der Waals surface area contributed by atoms with E-state index in [2.05, 4.69) is 9.97 Å². The Morgan fingerprint density at radius 2 is 1.45 bits per heavy atom. The fraction of sp³-hybridized carbons (Fsp3) is 0.0857. The van der Waals surface area contributed by atoms with Gasteiger partial charge in [-0.1, -0.05) is 72.8 Å². The van der Waals surface area contributed by atoms with Gasteiger partial charge >= 0.3 is 0 Å². The molecule has 3 aromatic heterocycles. The Bertz CT molecular complexity index is 2320. The summed E-state index contributed by atoms with van der Waals surface area (Å²) in [7, 11) is 0. The lowest BCUT2D eigenvalue weighted by Gasteiger charge is -2.17. The van der Waals surface area contributed by atoms with Crippen LogP contribution < -0.4 is 0 Å². The molecule has 0 aliphatic carbocycles. The van der Waals surface area contributed by atoms with Gasteiger partial charge in [0.2, 0.25) is 5.71 Å². The first kappa shape index (κ1) is 14.8. The van der Waals surface area contributed by atoms with Crippen LogP contribution in [-0.2, 0) is 0 Å². The molecule has 0 aliphatic heterocycles. The van der Waals surface area contributed by atoms with Gasteiger partial charge in [0.05, 0.1) is 5.69 Å². The fourth-order valence-corrected chi connectivity index (χ4v) is 5.21. The third-order valence-corrected chi connectivity index (χ3v) is 6.94. The van der Waals surface area contributed by atoms with Crippen LogP contribution in [0.15, 0.2) is 108 Å². The molecular formula is C35H26N2O. The average Bonchev–Trinajstić information content (AvgIpc) is 3.41. The summed E-state index contributed by atoms with van der Waals surface area (Å²) in [6.45, 7) is -7.63.